The van der Waals surface area contributed by atoms with Crippen LogP contribution in [0.2, 0.25) is 0 Å². The van der Waals surface area contributed by atoms with Crippen molar-refractivity contribution in [3.63, 3.8) is 0 Å². The molecule has 164 valence electrons. The zero-order chi connectivity index (χ0) is 21.6. The van der Waals surface area contributed by atoms with Crippen LogP contribution in [0.4, 0.5) is 22.0 Å². The van der Waals surface area contributed by atoms with Crippen LogP contribution in [0.5, 0.6) is 0 Å². The molecule has 0 radical (unpaired) electrons. The lowest BCUT2D eigenvalue weighted by Gasteiger charge is -2.40. The van der Waals surface area contributed by atoms with E-state index in [0.717, 1.165) is 16.9 Å². The largest absolute Gasteiger partial charge is 0.345 e. The van der Waals surface area contributed by atoms with Crippen molar-refractivity contribution in [3.05, 3.63) is 30.4 Å². The first-order valence-electron chi connectivity index (χ1n) is 10.6. The molecular weight excluding hydrogens is 401 g/mol. The number of alkyl halides is 1. The Morgan fingerprint density at radius 2 is 2.00 bits per heavy atom. The number of imidazole rings is 1. The first-order chi connectivity index (χ1) is 14.9. The summed E-state index contributed by atoms with van der Waals surface area (Å²) in [5.74, 6) is 1.56. The second kappa shape index (κ2) is 7.69. The van der Waals surface area contributed by atoms with Gasteiger partial charge in [0.2, 0.25) is 11.7 Å². The second-order valence-electron chi connectivity index (χ2n) is 8.22. The lowest BCUT2D eigenvalue weighted by Crippen LogP contribution is -2.54. The first kappa shape index (κ1) is 20.1. The maximum absolute atomic E-state index is 14.8. The number of aryl methyl sites for hydroxylation is 1. The van der Waals surface area contributed by atoms with Crippen molar-refractivity contribution in [2.75, 3.05) is 36.5 Å². The van der Waals surface area contributed by atoms with Crippen molar-refractivity contribution < 1.29 is 13.9 Å². The SMILES string of the molecule is Cc1nc2cnc(Nc3ccnc(N4CCC5(OCCO5)C(F)C4)n3)cc2n1C(C)C. The normalized spacial score (nSPS) is 20.8. The van der Waals surface area contributed by atoms with Crippen LogP contribution in [0.3, 0.4) is 0 Å². The van der Waals surface area contributed by atoms with E-state index in [1.807, 2.05) is 17.9 Å². The van der Waals surface area contributed by atoms with E-state index >= 15 is 0 Å². The third kappa shape index (κ3) is 3.59. The monoisotopic (exact) mass is 427 g/mol. The fraction of sp³-hybridized carbons (Fsp3) is 0.524. The molecular formula is C21H26FN7O2. The summed E-state index contributed by atoms with van der Waals surface area (Å²) in [6.45, 7) is 7.79. The molecule has 10 heteroatoms. The molecule has 2 aliphatic rings. The van der Waals surface area contributed by atoms with E-state index in [1.165, 1.54) is 0 Å². The van der Waals surface area contributed by atoms with Crippen LogP contribution in [0.15, 0.2) is 24.5 Å². The van der Waals surface area contributed by atoms with Gasteiger partial charge in [-0.2, -0.15) is 4.98 Å². The number of anilines is 3. The molecule has 0 bridgehead atoms. The molecule has 0 aromatic carbocycles. The number of rotatable bonds is 4. The van der Waals surface area contributed by atoms with E-state index in [1.54, 1.807) is 18.5 Å². The van der Waals surface area contributed by atoms with Gasteiger partial charge in [-0.15, -0.1) is 0 Å². The van der Waals surface area contributed by atoms with E-state index in [0.29, 0.717) is 43.8 Å². The average molecular weight is 427 g/mol. The number of halogens is 1. The smallest absolute Gasteiger partial charge is 0.227 e. The molecule has 3 aromatic heterocycles. The number of aromatic nitrogens is 5. The van der Waals surface area contributed by atoms with Crippen LogP contribution in [0.1, 0.15) is 32.1 Å². The highest BCUT2D eigenvalue weighted by Gasteiger charge is 2.49. The summed E-state index contributed by atoms with van der Waals surface area (Å²) < 4.78 is 28.1. The molecule has 1 atom stereocenters. The first-order valence-corrected chi connectivity index (χ1v) is 10.6. The number of nitrogens with one attached hydrogen (secondary N) is 1. The maximum Gasteiger partial charge on any atom is 0.227 e. The van der Waals surface area contributed by atoms with Gasteiger partial charge in [-0.3, -0.25) is 0 Å². The summed E-state index contributed by atoms with van der Waals surface area (Å²) in [6.07, 6.45) is 2.59. The number of nitrogens with zero attached hydrogens (tertiary/aromatic N) is 6. The molecule has 2 fully saturated rings. The molecule has 1 N–H and O–H groups in total. The minimum absolute atomic E-state index is 0.126. The summed E-state index contributed by atoms with van der Waals surface area (Å²) in [6, 6.07) is 4.02. The number of fused-ring (bicyclic) bond motifs is 1. The Morgan fingerprint density at radius 3 is 2.74 bits per heavy atom. The van der Waals surface area contributed by atoms with Crippen LogP contribution in [0, 0.1) is 6.92 Å². The highest BCUT2D eigenvalue weighted by atomic mass is 19.1. The van der Waals surface area contributed by atoms with E-state index in [4.69, 9.17) is 9.47 Å². The molecule has 3 aromatic rings. The molecule has 5 heterocycles. The molecule has 0 aliphatic carbocycles. The molecule has 9 nitrogen and oxygen atoms in total. The molecule has 0 amide bonds. The Bertz CT molecular complexity index is 1100. The van der Waals surface area contributed by atoms with Crippen molar-refractivity contribution in [1.82, 2.24) is 24.5 Å². The lowest BCUT2D eigenvalue weighted by molar-refractivity contribution is -0.207. The van der Waals surface area contributed by atoms with E-state index in [-0.39, 0.29) is 12.6 Å². The Balaban J connectivity index is 1.36. The summed E-state index contributed by atoms with van der Waals surface area (Å²) >= 11 is 0. The van der Waals surface area contributed by atoms with Crippen LogP contribution < -0.4 is 10.2 Å². The van der Waals surface area contributed by atoms with Crippen molar-refractivity contribution in [3.8, 4) is 0 Å². The second-order valence-corrected chi connectivity index (χ2v) is 8.22. The van der Waals surface area contributed by atoms with E-state index < -0.39 is 12.0 Å². The van der Waals surface area contributed by atoms with Crippen LogP contribution in [0.25, 0.3) is 11.0 Å². The molecule has 1 spiro atoms. The van der Waals surface area contributed by atoms with Gasteiger partial charge in [-0.05, 0) is 26.8 Å². The van der Waals surface area contributed by atoms with Crippen molar-refractivity contribution in [2.24, 2.45) is 0 Å². The van der Waals surface area contributed by atoms with Crippen molar-refractivity contribution in [2.45, 2.75) is 45.2 Å². The van der Waals surface area contributed by atoms with Gasteiger partial charge in [0.25, 0.3) is 0 Å². The topological polar surface area (TPSA) is 90.2 Å². The summed E-state index contributed by atoms with van der Waals surface area (Å²) in [5.41, 5.74) is 1.87. The highest BCUT2D eigenvalue weighted by Crippen LogP contribution is 2.34. The van der Waals surface area contributed by atoms with Gasteiger partial charge in [0.1, 0.15) is 23.0 Å². The predicted octanol–water partition coefficient (Wildman–Crippen LogP) is 3.15. The molecule has 0 saturated carbocycles. The van der Waals surface area contributed by atoms with Gasteiger partial charge in [-0.1, -0.05) is 0 Å². The molecule has 2 aliphatic heterocycles. The zero-order valence-electron chi connectivity index (χ0n) is 17.9. The van der Waals surface area contributed by atoms with Gasteiger partial charge in [0.15, 0.2) is 6.17 Å². The number of piperidine rings is 1. The minimum atomic E-state index is -1.26. The number of ether oxygens (including phenoxy) is 2. The molecule has 31 heavy (non-hydrogen) atoms. The van der Waals surface area contributed by atoms with Crippen LogP contribution >= 0.6 is 0 Å². The predicted molar refractivity (Wildman–Crippen MR) is 114 cm³/mol. The lowest BCUT2D eigenvalue weighted by atomic mass is 10.0. The van der Waals surface area contributed by atoms with Crippen molar-refractivity contribution >= 4 is 28.6 Å². The van der Waals surface area contributed by atoms with Gasteiger partial charge in [0.05, 0.1) is 31.5 Å². The number of hydrogen-bond donors (Lipinski definition) is 1. The minimum Gasteiger partial charge on any atom is -0.345 e. The quantitative estimate of drug-likeness (QED) is 0.679. The fourth-order valence-electron chi connectivity index (χ4n) is 4.39. The standard InChI is InChI=1S/C21H26FN7O2/c1-13(2)29-14(3)25-15-11-24-19(10-16(15)29)26-18-4-6-23-20(27-18)28-7-5-21(17(22)12-28)30-8-9-31-21/h4,6,10-11,13,17H,5,7-9,12H2,1-3H3,(H,23,24,26,27). The summed E-state index contributed by atoms with van der Waals surface area (Å²) in [5, 5.41) is 3.24. The highest BCUT2D eigenvalue weighted by molar-refractivity contribution is 5.79. The van der Waals surface area contributed by atoms with Gasteiger partial charge in [0, 0.05) is 31.3 Å². The van der Waals surface area contributed by atoms with Gasteiger partial charge in [-0.25, -0.2) is 19.3 Å². The molecule has 5 rings (SSSR count). The maximum atomic E-state index is 14.8. The molecule has 1 unspecified atom stereocenters. The van der Waals surface area contributed by atoms with E-state index in [2.05, 4.69) is 43.7 Å². The zero-order valence-corrected chi connectivity index (χ0v) is 17.9. The Labute approximate surface area is 179 Å². The fourth-order valence-corrected chi connectivity index (χ4v) is 4.39. The summed E-state index contributed by atoms with van der Waals surface area (Å²) in [7, 11) is 0. The average Bonchev–Trinajstić information content (AvgIpc) is 3.34. The number of hydrogen-bond acceptors (Lipinski definition) is 8. The van der Waals surface area contributed by atoms with Crippen LogP contribution in [-0.2, 0) is 9.47 Å². The third-order valence-electron chi connectivity index (χ3n) is 5.81. The number of pyridine rings is 1. The van der Waals surface area contributed by atoms with Crippen LogP contribution in [-0.4, -0.2) is 62.8 Å². The van der Waals surface area contributed by atoms with Crippen molar-refractivity contribution in [1.29, 1.82) is 0 Å². The Hall–Kier alpha value is -2.85. The van der Waals surface area contributed by atoms with Gasteiger partial charge >= 0.3 is 0 Å². The molecule has 2 saturated heterocycles. The van der Waals surface area contributed by atoms with E-state index in [9.17, 15) is 4.39 Å². The van der Waals surface area contributed by atoms with Gasteiger partial charge < -0.3 is 24.3 Å². The Kier molecular flexibility index (Phi) is 4.98. The summed E-state index contributed by atoms with van der Waals surface area (Å²) in [4.78, 5) is 19.8. The Morgan fingerprint density at radius 1 is 1.19 bits per heavy atom. The third-order valence-corrected chi connectivity index (χ3v) is 5.81.